The summed E-state index contributed by atoms with van der Waals surface area (Å²) in [6.07, 6.45) is 2.21. The van der Waals surface area contributed by atoms with Gasteiger partial charge >= 0.3 is 0 Å². The first-order valence-electron chi connectivity index (χ1n) is 11.8. The summed E-state index contributed by atoms with van der Waals surface area (Å²) < 4.78 is 55.4. The Balaban J connectivity index is 1.65. The molecular weight excluding hydrogens is 470 g/mol. The van der Waals surface area contributed by atoms with E-state index in [1.54, 1.807) is 12.1 Å². The van der Waals surface area contributed by atoms with Gasteiger partial charge in [-0.25, -0.2) is 17.4 Å². The zero-order chi connectivity index (χ0) is 24.7. The summed E-state index contributed by atoms with van der Waals surface area (Å²) in [7, 11) is -7.07. The molecule has 2 aromatic carbocycles. The van der Waals surface area contributed by atoms with Crippen molar-refractivity contribution in [3.63, 3.8) is 0 Å². The molecule has 4 rings (SSSR count). The van der Waals surface area contributed by atoms with Gasteiger partial charge in [0.25, 0.3) is 10.0 Å². The van der Waals surface area contributed by atoms with Gasteiger partial charge in [0.05, 0.1) is 44.1 Å². The van der Waals surface area contributed by atoms with Crippen molar-refractivity contribution in [1.29, 1.82) is 4.78 Å². The molecule has 34 heavy (non-hydrogen) atoms. The minimum absolute atomic E-state index is 0.0479. The van der Waals surface area contributed by atoms with Crippen LogP contribution in [0.25, 0.3) is 0 Å². The van der Waals surface area contributed by atoms with Crippen LogP contribution in [0.4, 0.5) is 11.4 Å². The van der Waals surface area contributed by atoms with Crippen molar-refractivity contribution >= 4 is 31.1 Å². The number of aryl methyl sites for hydroxylation is 1. The summed E-state index contributed by atoms with van der Waals surface area (Å²) in [5.41, 5.74) is 2.30. The number of sulfonamides is 1. The molecule has 1 saturated heterocycles. The maximum atomic E-state index is 13.8. The van der Waals surface area contributed by atoms with Crippen LogP contribution < -0.4 is 9.62 Å². The first-order valence-corrected chi connectivity index (χ1v) is 15.2. The number of hydrogen-bond donors (Lipinski definition) is 2. The molecule has 0 bridgehead atoms. The molecule has 2 N–H and O–H groups in total. The van der Waals surface area contributed by atoms with Crippen LogP contribution in [0.5, 0.6) is 0 Å². The molecule has 2 unspecified atom stereocenters. The van der Waals surface area contributed by atoms with Crippen LogP contribution in [-0.4, -0.2) is 45.2 Å². The van der Waals surface area contributed by atoms with Crippen LogP contribution in [0.2, 0.25) is 0 Å². The number of benzene rings is 2. The SMILES string of the molecule is CCc1ccc(N(CC(C)C)S(=O)(=O)c2ccc(NCC3[C@H]4COC[C@@H]34)c(S(C)(=N)=O)c2)cc1. The van der Waals surface area contributed by atoms with E-state index in [1.165, 1.54) is 16.6 Å². The highest BCUT2D eigenvalue weighted by Gasteiger charge is 2.53. The lowest BCUT2D eigenvalue weighted by Crippen LogP contribution is -2.34. The summed E-state index contributed by atoms with van der Waals surface area (Å²) in [5, 5.41) is 3.33. The van der Waals surface area contributed by atoms with Crippen LogP contribution in [0, 0.1) is 28.5 Å². The second kappa shape index (κ2) is 9.51. The monoisotopic (exact) mass is 505 g/mol. The van der Waals surface area contributed by atoms with Gasteiger partial charge in [-0.2, -0.15) is 0 Å². The number of fused-ring (bicyclic) bond motifs is 1. The van der Waals surface area contributed by atoms with E-state index >= 15 is 0 Å². The molecule has 4 atom stereocenters. The Kier molecular flexibility index (Phi) is 6.99. The first-order chi connectivity index (χ1) is 16.0. The molecule has 0 radical (unpaired) electrons. The molecule has 2 aromatic rings. The topological polar surface area (TPSA) is 99.6 Å². The van der Waals surface area contributed by atoms with Crippen molar-refractivity contribution in [2.75, 3.05) is 42.2 Å². The molecule has 1 aliphatic carbocycles. The summed E-state index contributed by atoms with van der Waals surface area (Å²) in [6.45, 7) is 8.60. The van der Waals surface area contributed by atoms with E-state index in [1.807, 2.05) is 38.1 Å². The first kappa shape index (κ1) is 25.0. The standard InChI is InChI=1S/C25H35N3O4S2/c1-5-18-6-8-19(9-7-18)28(14-17(2)3)34(30,31)20-10-11-24(25(12-20)33(4,26)29)27-13-21-22-15-32-16-23(21)22/h6-12,17,21-23,26-27H,5,13-16H2,1-4H3/t21?,22-,23+,33?. The number of nitrogens with zero attached hydrogens (tertiary/aromatic N) is 1. The normalized spacial score (nSPS) is 23.4. The molecule has 1 heterocycles. The lowest BCUT2D eigenvalue weighted by Gasteiger charge is -2.27. The number of anilines is 2. The van der Waals surface area contributed by atoms with E-state index in [-0.39, 0.29) is 15.7 Å². The van der Waals surface area contributed by atoms with Crippen LogP contribution in [0.3, 0.4) is 0 Å². The summed E-state index contributed by atoms with van der Waals surface area (Å²) >= 11 is 0. The molecule has 0 spiro atoms. The molecule has 2 fully saturated rings. The van der Waals surface area contributed by atoms with Gasteiger partial charge in [0.1, 0.15) is 0 Å². The fourth-order valence-electron chi connectivity index (χ4n) is 4.72. The third kappa shape index (κ3) is 5.11. The second-order valence-electron chi connectivity index (χ2n) is 9.86. The molecule has 0 aromatic heterocycles. The second-order valence-corrected chi connectivity index (χ2v) is 13.9. The Labute approximate surface area is 203 Å². The largest absolute Gasteiger partial charge is 0.384 e. The molecule has 1 aliphatic heterocycles. The third-order valence-corrected chi connectivity index (χ3v) is 9.75. The predicted octanol–water partition coefficient (Wildman–Crippen LogP) is 4.44. The zero-order valence-corrected chi connectivity index (χ0v) is 21.9. The molecule has 2 aliphatic rings. The minimum atomic E-state index is -3.92. The van der Waals surface area contributed by atoms with Gasteiger partial charge in [0.2, 0.25) is 0 Å². The number of hydrogen-bond acceptors (Lipinski definition) is 6. The fourth-order valence-corrected chi connectivity index (χ4v) is 7.36. The number of ether oxygens (including phenoxy) is 1. The van der Waals surface area contributed by atoms with Crippen LogP contribution in [0.1, 0.15) is 26.3 Å². The average molecular weight is 506 g/mol. The zero-order valence-electron chi connectivity index (χ0n) is 20.3. The molecule has 7 nitrogen and oxygen atoms in total. The maximum absolute atomic E-state index is 13.8. The molecule has 186 valence electrons. The van der Waals surface area contributed by atoms with Crippen molar-refractivity contribution in [2.45, 2.75) is 37.0 Å². The van der Waals surface area contributed by atoms with E-state index < -0.39 is 19.8 Å². The Hall–Kier alpha value is -2.10. The minimum Gasteiger partial charge on any atom is -0.384 e. The van der Waals surface area contributed by atoms with E-state index in [4.69, 9.17) is 9.52 Å². The molecule has 0 amide bonds. The molecule has 9 heteroatoms. The van der Waals surface area contributed by atoms with Gasteiger partial charge < -0.3 is 10.1 Å². The van der Waals surface area contributed by atoms with E-state index in [9.17, 15) is 12.6 Å². The Bertz CT molecular complexity index is 1230. The van der Waals surface area contributed by atoms with Crippen molar-refractivity contribution in [3.05, 3.63) is 48.0 Å². The van der Waals surface area contributed by atoms with E-state index in [2.05, 4.69) is 12.2 Å². The highest BCUT2D eigenvalue weighted by Crippen LogP contribution is 2.50. The van der Waals surface area contributed by atoms with Gasteiger partial charge in [-0.1, -0.05) is 32.9 Å². The molecule has 1 saturated carbocycles. The quantitative estimate of drug-likeness (QED) is 0.497. The van der Waals surface area contributed by atoms with Gasteiger partial charge in [-0.15, -0.1) is 0 Å². The highest BCUT2D eigenvalue weighted by atomic mass is 32.2. The summed E-state index contributed by atoms with van der Waals surface area (Å²) in [4.78, 5) is 0.272. The molecular formula is C25H35N3O4S2. The Morgan fingerprint density at radius 2 is 1.74 bits per heavy atom. The van der Waals surface area contributed by atoms with Gasteiger partial charge in [-0.3, -0.25) is 4.31 Å². The van der Waals surface area contributed by atoms with Crippen molar-refractivity contribution in [2.24, 2.45) is 23.7 Å². The Morgan fingerprint density at radius 3 is 2.29 bits per heavy atom. The average Bonchev–Trinajstić information content (AvgIpc) is 3.21. The lowest BCUT2D eigenvalue weighted by molar-refractivity contribution is 0.153. The van der Waals surface area contributed by atoms with Crippen LogP contribution in [0.15, 0.2) is 52.3 Å². The van der Waals surface area contributed by atoms with E-state index in [0.29, 0.717) is 42.2 Å². The van der Waals surface area contributed by atoms with Gasteiger partial charge in [-0.05, 0) is 66.0 Å². The maximum Gasteiger partial charge on any atom is 0.264 e. The lowest BCUT2D eigenvalue weighted by atomic mass is 10.1. The third-order valence-electron chi connectivity index (χ3n) is 6.78. The summed E-state index contributed by atoms with van der Waals surface area (Å²) in [5.74, 6) is 1.76. The summed E-state index contributed by atoms with van der Waals surface area (Å²) in [6, 6.07) is 12.2. The number of nitrogens with one attached hydrogen (secondary N) is 2. The van der Waals surface area contributed by atoms with Crippen LogP contribution in [-0.2, 0) is 30.9 Å². The van der Waals surface area contributed by atoms with E-state index in [0.717, 1.165) is 25.2 Å². The Morgan fingerprint density at radius 1 is 1.09 bits per heavy atom. The van der Waals surface area contributed by atoms with Gasteiger partial charge in [0, 0.05) is 19.3 Å². The fraction of sp³-hybridized carbons (Fsp3) is 0.520. The number of rotatable bonds is 10. The van der Waals surface area contributed by atoms with Crippen molar-refractivity contribution < 1.29 is 17.4 Å². The smallest absolute Gasteiger partial charge is 0.264 e. The van der Waals surface area contributed by atoms with Crippen LogP contribution >= 0.6 is 0 Å². The van der Waals surface area contributed by atoms with Crippen molar-refractivity contribution in [1.82, 2.24) is 0 Å². The highest BCUT2D eigenvalue weighted by molar-refractivity contribution is 7.93. The predicted molar refractivity (Wildman–Crippen MR) is 136 cm³/mol. The van der Waals surface area contributed by atoms with Gasteiger partial charge in [0.15, 0.2) is 0 Å². The van der Waals surface area contributed by atoms with Crippen molar-refractivity contribution in [3.8, 4) is 0 Å².